The topological polar surface area (TPSA) is 91.3 Å². The number of nitro benzene ring substituents is 1. The Morgan fingerprint density at radius 1 is 1.40 bits per heavy atom. The predicted molar refractivity (Wildman–Crippen MR) is 74.7 cm³/mol. The minimum atomic E-state index is -0.437. The summed E-state index contributed by atoms with van der Waals surface area (Å²) < 4.78 is 5.62. The second-order valence-corrected chi connectivity index (χ2v) is 4.48. The number of benzene rings is 1. The van der Waals surface area contributed by atoms with Crippen molar-refractivity contribution in [3.05, 3.63) is 57.8 Å². The summed E-state index contributed by atoms with van der Waals surface area (Å²) in [7, 11) is 0. The van der Waals surface area contributed by atoms with Crippen molar-refractivity contribution in [3.63, 3.8) is 0 Å². The lowest BCUT2D eigenvalue weighted by atomic mass is 10.1. The Kier molecular flexibility index (Phi) is 3.95. The van der Waals surface area contributed by atoms with Crippen molar-refractivity contribution >= 4 is 5.69 Å². The summed E-state index contributed by atoms with van der Waals surface area (Å²) >= 11 is 0. The molecular formula is C14H15N3O3. The predicted octanol–water partition coefficient (Wildman–Crippen LogP) is 3.11. The fourth-order valence-electron chi connectivity index (χ4n) is 1.79. The number of hydrogen-bond donors (Lipinski definition) is 1. The normalized spacial score (nSPS) is 11.9. The molecule has 1 aromatic heterocycles. The molecule has 1 unspecified atom stereocenters. The van der Waals surface area contributed by atoms with Gasteiger partial charge in [-0.05, 0) is 31.5 Å². The monoisotopic (exact) mass is 273 g/mol. The number of pyridine rings is 1. The van der Waals surface area contributed by atoms with Gasteiger partial charge in [0.1, 0.15) is 5.75 Å². The van der Waals surface area contributed by atoms with Crippen molar-refractivity contribution in [3.8, 4) is 11.6 Å². The molecule has 0 bridgehead atoms. The summed E-state index contributed by atoms with van der Waals surface area (Å²) in [6, 6.07) is 8.08. The lowest BCUT2D eigenvalue weighted by molar-refractivity contribution is -0.385. The molecule has 6 nitrogen and oxygen atoms in total. The van der Waals surface area contributed by atoms with Gasteiger partial charge in [-0.1, -0.05) is 6.07 Å². The molecule has 2 N–H and O–H groups in total. The molecule has 1 aromatic carbocycles. The summed E-state index contributed by atoms with van der Waals surface area (Å²) in [5.74, 6) is 0.775. The number of nitrogens with two attached hydrogens (primary N) is 1. The largest absolute Gasteiger partial charge is 0.438 e. The zero-order valence-corrected chi connectivity index (χ0v) is 11.2. The van der Waals surface area contributed by atoms with E-state index in [0.717, 1.165) is 5.56 Å². The maximum absolute atomic E-state index is 10.9. The highest BCUT2D eigenvalue weighted by Gasteiger charge is 2.15. The van der Waals surface area contributed by atoms with Gasteiger partial charge in [-0.3, -0.25) is 10.1 Å². The molecule has 0 aliphatic rings. The molecular weight excluding hydrogens is 258 g/mol. The molecule has 6 heteroatoms. The van der Waals surface area contributed by atoms with E-state index in [9.17, 15) is 10.1 Å². The van der Waals surface area contributed by atoms with Gasteiger partial charge in [-0.2, -0.15) is 0 Å². The highest BCUT2D eigenvalue weighted by molar-refractivity contribution is 5.49. The number of hydrogen-bond acceptors (Lipinski definition) is 5. The van der Waals surface area contributed by atoms with Crippen LogP contribution in [0.5, 0.6) is 11.6 Å². The summed E-state index contributed by atoms with van der Waals surface area (Å²) in [4.78, 5) is 14.5. The third-order valence-corrected chi connectivity index (χ3v) is 2.95. The molecule has 0 aliphatic carbocycles. The average Bonchev–Trinajstić information content (AvgIpc) is 2.41. The quantitative estimate of drug-likeness (QED) is 0.682. The fourth-order valence-corrected chi connectivity index (χ4v) is 1.79. The molecule has 1 atom stereocenters. The Morgan fingerprint density at radius 2 is 2.15 bits per heavy atom. The Morgan fingerprint density at radius 3 is 2.80 bits per heavy atom. The van der Waals surface area contributed by atoms with E-state index in [4.69, 9.17) is 10.5 Å². The summed E-state index contributed by atoms with van der Waals surface area (Å²) in [5.41, 5.74) is 7.17. The molecule has 0 saturated heterocycles. The highest BCUT2D eigenvalue weighted by atomic mass is 16.6. The Labute approximate surface area is 116 Å². The van der Waals surface area contributed by atoms with E-state index in [0.29, 0.717) is 17.2 Å². The van der Waals surface area contributed by atoms with Gasteiger partial charge in [0.15, 0.2) is 0 Å². The molecule has 0 fully saturated rings. The molecule has 1 heterocycles. The van der Waals surface area contributed by atoms with Crippen LogP contribution in [0, 0.1) is 17.0 Å². The van der Waals surface area contributed by atoms with Crippen LogP contribution < -0.4 is 10.5 Å². The molecule has 0 spiro atoms. The number of ether oxygens (including phenoxy) is 1. The lowest BCUT2D eigenvalue weighted by Gasteiger charge is -2.10. The molecule has 0 radical (unpaired) electrons. The Hall–Kier alpha value is -2.47. The van der Waals surface area contributed by atoms with Gasteiger partial charge in [0.2, 0.25) is 5.88 Å². The zero-order chi connectivity index (χ0) is 14.7. The smallest absolute Gasteiger partial charge is 0.276 e. The average molecular weight is 273 g/mol. The maximum atomic E-state index is 10.9. The van der Waals surface area contributed by atoms with E-state index in [1.807, 2.05) is 6.92 Å². The first kappa shape index (κ1) is 14.0. The summed E-state index contributed by atoms with van der Waals surface area (Å²) in [6.45, 7) is 3.50. The molecule has 0 saturated carbocycles. The van der Waals surface area contributed by atoms with E-state index < -0.39 is 4.92 Å². The first-order chi connectivity index (χ1) is 9.49. The van der Waals surface area contributed by atoms with E-state index in [-0.39, 0.29) is 11.7 Å². The lowest BCUT2D eigenvalue weighted by Crippen LogP contribution is -2.05. The van der Waals surface area contributed by atoms with Crippen molar-refractivity contribution in [2.45, 2.75) is 19.9 Å². The van der Waals surface area contributed by atoms with Gasteiger partial charge >= 0.3 is 0 Å². The molecule has 2 rings (SSSR count). The van der Waals surface area contributed by atoms with Gasteiger partial charge < -0.3 is 10.5 Å². The van der Waals surface area contributed by atoms with Crippen molar-refractivity contribution in [2.24, 2.45) is 5.73 Å². The van der Waals surface area contributed by atoms with E-state index in [1.54, 1.807) is 37.4 Å². The van der Waals surface area contributed by atoms with Crippen molar-refractivity contribution in [2.75, 3.05) is 0 Å². The molecule has 0 amide bonds. The first-order valence-corrected chi connectivity index (χ1v) is 6.12. The number of nitro groups is 1. The maximum Gasteiger partial charge on any atom is 0.276 e. The molecule has 2 aromatic rings. The highest BCUT2D eigenvalue weighted by Crippen LogP contribution is 2.30. The van der Waals surface area contributed by atoms with Gasteiger partial charge in [-0.25, -0.2) is 4.98 Å². The second kappa shape index (κ2) is 5.66. The number of nitrogens with zero attached hydrogens (tertiary/aromatic N) is 2. The van der Waals surface area contributed by atoms with Crippen LogP contribution in [0.4, 0.5) is 5.69 Å². The van der Waals surface area contributed by atoms with Gasteiger partial charge in [0.05, 0.1) is 10.5 Å². The van der Waals surface area contributed by atoms with Gasteiger partial charge in [0.25, 0.3) is 5.69 Å². The van der Waals surface area contributed by atoms with E-state index in [2.05, 4.69) is 4.98 Å². The fraction of sp³-hybridized carbons (Fsp3) is 0.214. The Balaban J connectivity index is 2.33. The molecule has 20 heavy (non-hydrogen) atoms. The van der Waals surface area contributed by atoms with E-state index in [1.165, 1.54) is 6.07 Å². The molecule has 104 valence electrons. The van der Waals surface area contributed by atoms with Crippen LogP contribution in [0.2, 0.25) is 0 Å². The van der Waals surface area contributed by atoms with Crippen LogP contribution in [0.25, 0.3) is 0 Å². The summed E-state index contributed by atoms with van der Waals surface area (Å²) in [5, 5.41) is 10.9. The first-order valence-electron chi connectivity index (χ1n) is 6.12. The SMILES string of the molecule is Cc1c(Oc2cc(C(C)N)ccn2)cccc1[N+](=O)[O-]. The van der Waals surface area contributed by atoms with Crippen LogP contribution in [0.15, 0.2) is 36.5 Å². The minimum absolute atomic E-state index is 0.0193. The third-order valence-electron chi connectivity index (χ3n) is 2.95. The van der Waals surface area contributed by atoms with Crippen LogP contribution >= 0.6 is 0 Å². The van der Waals surface area contributed by atoms with Gasteiger partial charge in [-0.15, -0.1) is 0 Å². The van der Waals surface area contributed by atoms with Crippen molar-refractivity contribution in [1.29, 1.82) is 0 Å². The Bertz CT molecular complexity index is 641. The summed E-state index contributed by atoms with van der Waals surface area (Å²) in [6.07, 6.45) is 1.60. The zero-order valence-electron chi connectivity index (χ0n) is 11.2. The van der Waals surface area contributed by atoms with E-state index >= 15 is 0 Å². The van der Waals surface area contributed by atoms with Gasteiger partial charge in [0, 0.05) is 24.4 Å². The van der Waals surface area contributed by atoms with Crippen LogP contribution in [0.1, 0.15) is 24.1 Å². The van der Waals surface area contributed by atoms with Crippen LogP contribution in [-0.2, 0) is 0 Å². The standard InChI is InChI=1S/C14H15N3O3/c1-9-12(17(18)19)4-3-5-13(9)20-14-8-11(10(2)15)6-7-16-14/h3-8,10H,15H2,1-2H3. The van der Waals surface area contributed by atoms with Crippen LogP contribution in [0.3, 0.4) is 0 Å². The van der Waals surface area contributed by atoms with Crippen molar-refractivity contribution in [1.82, 2.24) is 4.98 Å². The minimum Gasteiger partial charge on any atom is -0.438 e. The third kappa shape index (κ3) is 2.92. The van der Waals surface area contributed by atoms with Crippen LogP contribution in [-0.4, -0.2) is 9.91 Å². The second-order valence-electron chi connectivity index (χ2n) is 4.48. The number of rotatable bonds is 4. The number of aromatic nitrogens is 1. The molecule has 0 aliphatic heterocycles. The van der Waals surface area contributed by atoms with Crippen molar-refractivity contribution < 1.29 is 9.66 Å².